The van der Waals surface area contributed by atoms with Crippen LogP contribution in [0.4, 0.5) is 11.6 Å². The molecule has 2 aromatic rings. The van der Waals surface area contributed by atoms with Crippen LogP contribution in [0.3, 0.4) is 0 Å². The highest BCUT2D eigenvalue weighted by molar-refractivity contribution is 5.47. The minimum Gasteiger partial charge on any atom is -0.493 e. The van der Waals surface area contributed by atoms with Crippen LogP contribution in [-0.2, 0) is 0 Å². The van der Waals surface area contributed by atoms with Gasteiger partial charge in [0, 0.05) is 0 Å². The largest absolute Gasteiger partial charge is 0.493 e. The van der Waals surface area contributed by atoms with Crippen LogP contribution in [-0.4, -0.2) is 15.1 Å². The molecule has 1 heterocycles. The van der Waals surface area contributed by atoms with Gasteiger partial charge in [-0.2, -0.15) is 4.98 Å². The van der Waals surface area contributed by atoms with Crippen LogP contribution in [0.15, 0.2) is 35.1 Å². The van der Waals surface area contributed by atoms with Crippen LogP contribution in [0.5, 0.6) is 5.88 Å². The van der Waals surface area contributed by atoms with Gasteiger partial charge in [-0.05, 0) is 19.1 Å². The van der Waals surface area contributed by atoms with Crippen LogP contribution >= 0.6 is 0 Å². The molecule has 2 rings (SSSR count). The summed E-state index contributed by atoms with van der Waals surface area (Å²) >= 11 is 0. The van der Waals surface area contributed by atoms with E-state index in [4.69, 9.17) is 0 Å². The molecule has 17 heavy (non-hydrogen) atoms. The summed E-state index contributed by atoms with van der Waals surface area (Å²) < 4.78 is 0. The van der Waals surface area contributed by atoms with Gasteiger partial charge in [0.2, 0.25) is 11.8 Å². The van der Waals surface area contributed by atoms with Crippen LogP contribution in [0, 0.1) is 6.92 Å². The second-order valence-corrected chi connectivity index (χ2v) is 3.48. The predicted octanol–water partition coefficient (Wildman–Crippen LogP) is 1.22. The zero-order valence-corrected chi connectivity index (χ0v) is 9.19. The summed E-state index contributed by atoms with van der Waals surface area (Å²) in [6.07, 6.45) is 0. The molecule has 0 bridgehead atoms. The van der Waals surface area contributed by atoms with E-state index in [1.807, 2.05) is 30.3 Å². The van der Waals surface area contributed by atoms with Gasteiger partial charge in [-0.15, -0.1) is 0 Å². The fraction of sp³-hybridized carbons (Fsp3) is 0.0909. The number of hydrogen-bond acceptors (Lipinski definition) is 5. The van der Waals surface area contributed by atoms with E-state index in [0.717, 1.165) is 5.69 Å². The van der Waals surface area contributed by atoms with Crippen LogP contribution in [0.2, 0.25) is 0 Å². The van der Waals surface area contributed by atoms with E-state index in [9.17, 15) is 9.90 Å². The summed E-state index contributed by atoms with van der Waals surface area (Å²) in [6, 6.07) is 9.32. The Kier molecular flexibility index (Phi) is 2.95. The molecule has 0 fully saturated rings. The Hall–Kier alpha value is -2.50. The Labute approximate surface area is 97.3 Å². The maximum absolute atomic E-state index is 11.3. The fourth-order valence-corrected chi connectivity index (χ4v) is 1.23. The van der Waals surface area contributed by atoms with E-state index in [2.05, 4.69) is 20.8 Å². The molecule has 1 aromatic heterocycles. The minimum atomic E-state index is -0.380. The third kappa shape index (κ3) is 2.54. The van der Waals surface area contributed by atoms with Crippen molar-refractivity contribution in [1.82, 2.24) is 9.97 Å². The number of benzene rings is 1. The lowest BCUT2D eigenvalue weighted by atomic mass is 10.3. The lowest BCUT2D eigenvalue weighted by Gasteiger charge is -2.08. The molecular formula is C11H12N4O2. The number of rotatable bonds is 3. The Bertz CT molecular complexity index is 565. The van der Waals surface area contributed by atoms with Crippen molar-refractivity contribution >= 4 is 11.6 Å². The molecule has 0 spiro atoms. The van der Waals surface area contributed by atoms with Gasteiger partial charge in [0.15, 0.2) is 0 Å². The number of anilines is 2. The van der Waals surface area contributed by atoms with E-state index in [-0.39, 0.29) is 23.0 Å². The molecule has 0 aliphatic carbocycles. The number of aromatic amines is 1. The van der Waals surface area contributed by atoms with Crippen molar-refractivity contribution in [2.24, 2.45) is 0 Å². The Morgan fingerprint density at radius 3 is 2.59 bits per heavy atom. The van der Waals surface area contributed by atoms with Crippen molar-refractivity contribution in [2.45, 2.75) is 6.92 Å². The molecule has 6 heteroatoms. The van der Waals surface area contributed by atoms with Gasteiger partial charge in [-0.3, -0.25) is 20.6 Å². The standard InChI is InChI=1S/C11H12N4O2/c1-7-9(16)12-11(13-10(7)17)15-14-8-5-3-2-4-6-8/h2-6,14H,1H3,(H3,12,13,15,16,17). The maximum atomic E-state index is 11.3. The number of aromatic nitrogens is 2. The summed E-state index contributed by atoms with van der Waals surface area (Å²) in [6.45, 7) is 1.50. The topological polar surface area (TPSA) is 90.0 Å². The second kappa shape index (κ2) is 4.56. The van der Waals surface area contributed by atoms with Crippen molar-refractivity contribution in [3.8, 4) is 5.88 Å². The molecule has 0 radical (unpaired) electrons. The van der Waals surface area contributed by atoms with Gasteiger partial charge in [0.05, 0.1) is 11.3 Å². The van der Waals surface area contributed by atoms with E-state index < -0.39 is 0 Å². The van der Waals surface area contributed by atoms with Crippen LogP contribution in [0.25, 0.3) is 0 Å². The average molecular weight is 232 g/mol. The highest BCUT2D eigenvalue weighted by atomic mass is 16.3. The third-order valence-corrected chi connectivity index (χ3v) is 2.22. The fourth-order valence-electron chi connectivity index (χ4n) is 1.23. The van der Waals surface area contributed by atoms with Gasteiger partial charge >= 0.3 is 0 Å². The van der Waals surface area contributed by atoms with E-state index in [0.29, 0.717) is 0 Å². The van der Waals surface area contributed by atoms with Gasteiger partial charge in [0.25, 0.3) is 5.56 Å². The lowest BCUT2D eigenvalue weighted by Crippen LogP contribution is -2.18. The summed E-state index contributed by atoms with van der Waals surface area (Å²) in [5.41, 5.74) is 6.16. The Balaban J connectivity index is 2.13. The zero-order chi connectivity index (χ0) is 12.3. The molecule has 1 aromatic carbocycles. The first-order valence-corrected chi connectivity index (χ1v) is 5.04. The number of H-pyrrole nitrogens is 1. The molecule has 0 amide bonds. The van der Waals surface area contributed by atoms with E-state index >= 15 is 0 Å². The van der Waals surface area contributed by atoms with Crippen molar-refractivity contribution in [3.05, 3.63) is 46.2 Å². The smallest absolute Gasteiger partial charge is 0.259 e. The zero-order valence-electron chi connectivity index (χ0n) is 9.19. The number of para-hydroxylation sites is 1. The molecule has 4 N–H and O–H groups in total. The summed E-state index contributed by atoms with van der Waals surface area (Å²) in [7, 11) is 0. The normalized spacial score (nSPS) is 9.94. The molecule has 6 nitrogen and oxygen atoms in total. The molecule has 0 aliphatic rings. The quantitative estimate of drug-likeness (QED) is 0.597. The second-order valence-electron chi connectivity index (χ2n) is 3.48. The highest BCUT2D eigenvalue weighted by Crippen LogP contribution is 2.10. The monoisotopic (exact) mass is 232 g/mol. The number of aromatic hydroxyl groups is 1. The number of hydrazine groups is 1. The van der Waals surface area contributed by atoms with E-state index in [1.54, 1.807) is 0 Å². The number of nitrogens with one attached hydrogen (secondary N) is 3. The van der Waals surface area contributed by atoms with Gasteiger partial charge in [-0.25, -0.2) is 0 Å². The van der Waals surface area contributed by atoms with Crippen molar-refractivity contribution in [2.75, 3.05) is 10.9 Å². The predicted molar refractivity (Wildman–Crippen MR) is 64.9 cm³/mol. The molecular weight excluding hydrogens is 220 g/mol. The molecule has 0 atom stereocenters. The van der Waals surface area contributed by atoms with Crippen molar-refractivity contribution in [3.63, 3.8) is 0 Å². The molecule has 0 saturated carbocycles. The SMILES string of the molecule is Cc1c(O)nc(NNc2ccccc2)[nH]c1=O. The summed E-state index contributed by atoms with van der Waals surface area (Å²) in [4.78, 5) is 17.6. The van der Waals surface area contributed by atoms with Gasteiger partial charge in [0.1, 0.15) is 0 Å². The van der Waals surface area contributed by atoms with Crippen LogP contribution < -0.4 is 16.4 Å². The third-order valence-electron chi connectivity index (χ3n) is 2.22. The first-order valence-electron chi connectivity index (χ1n) is 5.04. The Morgan fingerprint density at radius 2 is 1.94 bits per heavy atom. The summed E-state index contributed by atoms with van der Waals surface area (Å²) in [5, 5.41) is 9.38. The van der Waals surface area contributed by atoms with Crippen molar-refractivity contribution in [1.29, 1.82) is 0 Å². The summed E-state index contributed by atoms with van der Waals surface area (Å²) in [5.74, 6) is -0.131. The van der Waals surface area contributed by atoms with Gasteiger partial charge < -0.3 is 5.11 Å². The van der Waals surface area contributed by atoms with Gasteiger partial charge in [-0.1, -0.05) is 18.2 Å². The van der Waals surface area contributed by atoms with Crippen LogP contribution in [0.1, 0.15) is 5.56 Å². The lowest BCUT2D eigenvalue weighted by molar-refractivity contribution is 0.447. The molecule has 88 valence electrons. The minimum absolute atomic E-state index is 0.155. The molecule has 0 unspecified atom stereocenters. The number of hydrogen-bond donors (Lipinski definition) is 4. The molecule has 0 aliphatic heterocycles. The van der Waals surface area contributed by atoms with E-state index in [1.165, 1.54) is 6.92 Å². The first-order chi connectivity index (χ1) is 8.16. The average Bonchev–Trinajstić information content (AvgIpc) is 2.34. The maximum Gasteiger partial charge on any atom is 0.259 e. The van der Waals surface area contributed by atoms with Crippen molar-refractivity contribution < 1.29 is 5.11 Å². The Morgan fingerprint density at radius 1 is 1.24 bits per heavy atom. The number of nitrogens with zero attached hydrogens (tertiary/aromatic N) is 1. The molecule has 0 saturated heterocycles. The highest BCUT2D eigenvalue weighted by Gasteiger charge is 2.04. The first kappa shape index (κ1) is 11.0.